The number of benzene rings is 2. The molecule has 0 aliphatic carbocycles. The maximum absolute atomic E-state index is 13.9. The van der Waals surface area contributed by atoms with Gasteiger partial charge in [0.2, 0.25) is 0 Å². The summed E-state index contributed by atoms with van der Waals surface area (Å²) in [6.45, 7) is 1.49. The molecule has 1 N–H and O–H groups in total. The average molecular weight is 476 g/mol. The average Bonchev–Trinajstić information content (AvgIpc) is 3.04. The number of aromatic carboxylic acids is 1. The topological polar surface area (TPSA) is 68.0 Å². The molecular formula is C21H13BrF3N3O2. The maximum Gasteiger partial charge on any atom is 0.417 e. The van der Waals surface area contributed by atoms with Crippen molar-refractivity contribution in [2.24, 2.45) is 0 Å². The second-order valence-electron chi connectivity index (χ2n) is 6.61. The van der Waals surface area contributed by atoms with Crippen LogP contribution in [0.1, 0.15) is 21.6 Å². The van der Waals surface area contributed by atoms with Gasteiger partial charge in [-0.05, 0) is 49.4 Å². The number of halogens is 4. The van der Waals surface area contributed by atoms with Crippen LogP contribution in [-0.4, -0.2) is 25.8 Å². The van der Waals surface area contributed by atoms with E-state index in [9.17, 15) is 18.0 Å². The Bertz CT molecular complexity index is 1260. The number of nitrogens with zero attached hydrogens (tertiary/aromatic N) is 3. The van der Waals surface area contributed by atoms with Crippen molar-refractivity contribution in [1.82, 2.24) is 14.8 Å². The molecule has 0 unspecified atom stereocenters. The fourth-order valence-corrected chi connectivity index (χ4v) is 3.47. The van der Waals surface area contributed by atoms with E-state index in [4.69, 9.17) is 5.11 Å². The van der Waals surface area contributed by atoms with E-state index in [1.54, 1.807) is 24.3 Å². The van der Waals surface area contributed by atoms with Gasteiger partial charge in [0.1, 0.15) is 0 Å². The highest BCUT2D eigenvalue weighted by molar-refractivity contribution is 9.10. The molecule has 0 fully saturated rings. The Balaban J connectivity index is 2.00. The summed E-state index contributed by atoms with van der Waals surface area (Å²) < 4.78 is 43.7. The maximum atomic E-state index is 13.9. The van der Waals surface area contributed by atoms with Crippen molar-refractivity contribution in [2.45, 2.75) is 13.1 Å². The van der Waals surface area contributed by atoms with Crippen LogP contribution in [0.25, 0.3) is 28.0 Å². The number of fused-ring (bicyclic) bond motifs is 1. The van der Waals surface area contributed by atoms with Gasteiger partial charge in [0.15, 0.2) is 5.65 Å². The first-order valence-electron chi connectivity index (χ1n) is 8.72. The number of rotatable bonds is 3. The first-order chi connectivity index (χ1) is 14.1. The number of hydrogen-bond donors (Lipinski definition) is 1. The summed E-state index contributed by atoms with van der Waals surface area (Å²) in [6.07, 6.45) is -4.60. The van der Waals surface area contributed by atoms with E-state index in [-0.39, 0.29) is 28.0 Å². The van der Waals surface area contributed by atoms with E-state index in [1.807, 2.05) is 0 Å². The highest BCUT2D eigenvalue weighted by Crippen LogP contribution is 2.38. The zero-order chi connectivity index (χ0) is 21.6. The summed E-state index contributed by atoms with van der Waals surface area (Å²) in [6, 6.07) is 13.5. The zero-order valence-electron chi connectivity index (χ0n) is 15.4. The summed E-state index contributed by atoms with van der Waals surface area (Å²) in [5.74, 6) is -1.10. The minimum Gasteiger partial charge on any atom is -0.478 e. The lowest BCUT2D eigenvalue weighted by molar-refractivity contribution is -0.136. The van der Waals surface area contributed by atoms with Crippen molar-refractivity contribution in [3.05, 3.63) is 75.9 Å². The molecule has 2 aromatic carbocycles. The summed E-state index contributed by atoms with van der Waals surface area (Å²) in [5.41, 5.74) is 0.551. The van der Waals surface area contributed by atoms with Gasteiger partial charge in [0.05, 0.1) is 33.6 Å². The van der Waals surface area contributed by atoms with Crippen LogP contribution in [0.3, 0.4) is 0 Å². The number of alkyl halides is 3. The number of carboxylic acid groups (broad SMARTS) is 1. The summed E-state index contributed by atoms with van der Waals surface area (Å²) in [7, 11) is 0. The van der Waals surface area contributed by atoms with Crippen LogP contribution in [0, 0.1) is 6.92 Å². The van der Waals surface area contributed by atoms with Crippen molar-refractivity contribution in [2.75, 3.05) is 0 Å². The Kier molecular flexibility index (Phi) is 4.85. The van der Waals surface area contributed by atoms with Crippen molar-refractivity contribution >= 4 is 32.9 Å². The van der Waals surface area contributed by atoms with Crippen molar-refractivity contribution < 1.29 is 23.1 Å². The van der Waals surface area contributed by atoms with E-state index < -0.39 is 17.7 Å². The van der Waals surface area contributed by atoms with Gasteiger partial charge in [-0.2, -0.15) is 18.3 Å². The van der Waals surface area contributed by atoms with Crippen LogP contribution >= 0.6 is 15.9 Å². The van der Waals surface area contributed by atoms with Crippen LogP contribution < -0.4 is 0 Å². The van der Waals surface area contributed by atoms with Crippen LogP contribution in [0.5, 0.6) is 0 Å². The largest absolute Gasteiger partial charge is 0.478 e. The second kappa shape index (κ2) is 7.24. The Labute approximate surface area is 176 Å². The minimum atomic E-state index is -4.60. The number of hydrogen-bond acceptors (Lipinski definition) is 3. The molecular weight excluding hydrogens is 463 g/mol. The van der Waals surface area contributed by atoms with E-state index in [2.05, 4.69) is 26.0 Å². The first kappa shape index (κ1) is 20.1. The molecule has 0 atom stereocenters. The quantitative estimate of drug-likeness (QED) is 0.402. The molecule has 0 amide bonds. The van der Waals surface area contributed by atoms with Crippen LogP contribution in [-0.2, 0) is 6.18 Å². The van der Waals surface area contributed by atoms with E-state index in [1.165, 1.54) is 35.9 Å². The highest BCUT2D eigenvalue weighted by atomic mass is 79.9. The lowest BCUT2D eigenvalue weighted by Crippen LogP contribution is -2.08. The fraction of sp³-hybridized carbons (Fsp3) is 0.0952. The zero-order valence-corrected chi connectivity index (χ0v) is 17.0. The SMILES string of the molecule is Cc1nn(-c2ccc(C(=O)O)cc2)c2nc(-c3ccc(Br)cc3)cc(C(F)(F)F)c12. The molecule has 30 heavy (non-hydrogen) atoms. The molecule has 0 bridgehead atoms. The third-order valence-corrected chi connectivity index (χ3v) is 5.15. The van der Waals surface area contributed by atoms with Gasteiger partial charge < -0.3 is 5.11 Å². The van der Waals surface area contributed by atoms with Crippen molar-refractivity contribution in [3.63, 3.8) is 0 Å². The number of carboxylic acids is 1. The molecule has 2 heterocycles. The predicted octanol–water partition coefficient (Wildman–Crippen LogP) is 5.88. The molecule has 5 nitrogen and oxygen atoms in total. The number of aromatic nitrogens is 3. The smallest absolute Gasteiger partial charge is 0.417 e. The summed E-state index contributed by atoms with van der Waals surface area (Å²) in [5, 5.41) is 13.2. The van der Waals surface area contributed by atoms with Gasteiger partial charge in [-0.15, -0.1) is 0 Å². The molecule has 4 rings (SSSR count). The van der Waals surface area contributed by atoms with E-state index in [0.717, 1.165) is 10.5 Å². The van der Waals surface area contributed by atoms with Gasteiger partial charge in [0.25, 0.3) is 0 Å². The number of aryl methyl sites for hydroxylation is 1. The Morgan fingerprint density at radius 1 is 1.07 bits per heavy atom. The molecule has 0 saturated heterocycles. The third kappa shape index (κ3) is 3.56. The molecule has 4 aromatic rings. The minimum absolute atomic E-state index is 0.0447. The van der Waals surface area contributed by atoms with Crippen LogP contribution in [0.15, 0.2) is 59.1 Å². The molecule has 0 saturated carbocycles. The monoisotopic (exact) mass is 475 g/mol. The van der Waals surface area contributed by atoms with Gasteiger partial charge in [0, 0.05) is 10.0 Å². The molecule has 0 aliphatic heterocycles. The lowest BCUT2D eigenvalue weighted by Gasteiger charge is -2.12. The standard InChI is InChI=1S/C21H13BrF3N3O2/c1-11-18-16(21(23,24)25)10-17(12-2-6-14(22)7-3-12)26-19(18)28(27-11)15-8-4-13(5-9-15)20(29)30/h2-10H,1H3,(H,29,30). The van der Waals surface area contributed by atoms with E-state index in [0.29, 0.717) is 11.3 Å². The second-order valence-corrected chi connectivity index (χ2v) is 7.52. The normalized spacial score (nSPS) is 11.8. The first-order valence-corrected chi connectivity index (χ1v) is 9.51. The van der Waals surface area contributed by atoms with Gasteiger partial charge in [-0.3, -0.25) is 0 Å². The van der Waals surface area contributed by atoms with Crippen LogP contribution in [0.2, 0.25) is 0 Å². The van der Waals surface area contributed by atoms with Crippen LogP contribution in [0.4, 0.5) is 13.2 Å². The Morgan fingerprint density at radius 2 is 1.70 bits per heavy atom. The van der Waals surface area contributed by atoms with Crippen molar-refractivity contribution in [3.8, 4) is 16.9 Å². The molecule has 152 valence electrons. The Morgan fingerprint density at radius 3 is 2.27 bits per heavy atom. The predicted molar refractivity (Wildman–Crippen MR) is 109 cm³/mol. The van der Waals surface area contributed by atoms with Gasteiger partial charge in [-0.25, -0.2) is 14.5 Å². The third-order valence-electron chi connectivity index (χ3n) is 4.62. The van der Waals surface area contributed by atoms with E-state index >= 15 is 0 Å². The van der Waals surface area contributed by atoms with Crippen molar-refractivity contribution in [1.29, 1.82) is 0 Å². The molecule has 0 aliphatic rings. The summed E-state index contributed by atoms with van der Waals surface area (Å²) in [4.78, 5) is 15.6. The van der Waals surface area contributed by atoms with Gasteiger partial charge in [-0.1, -0.05) is 28.1 Å². The highest BCUT2D eigenvalue weighted by Gasteiger charge is 2.35. The molecule has 9 heteroatoms. The Hall–Kier alpha value is -3.20. The number of pyridine rings is 1. The lowest BCUT2D eigenvalue weighted by atomic mass is 10.1. The summed E-state index contributed by atoms with van der Waals surface area (Å²) >= 11 is 3.31. The fourth-order valence-electron chi connectivity index (χ4n) is 3.21. The van der Waals surface area contributed by atoms with Gasteiger partial charge >= 0.3 is 12.1 Å². The number of carbonyl (C=O) groups is 1. The molecule has 0 radical (unpaired) electrons. The molecule has 2 aromatic heterocycles. The molecule has 0 spiro atoms.